The second-order valence-corrected chi connectivity index (χ2v) is 9.79. The minimum atomic E-state index is -0.698. The van der Waals surface area contributed by atoms with Gasteiger partial charge in [0.2, 0.25) is 5.95 Å². The molecule has 0 spiro atoms. The number of fused-ring (bicyclic) bond motifs is 3. The first kappa shape index (κ1) is 23.7. The number of halogens is 2. The Morgan fingerprint density at radius 2 is 2.08 bits per heavy atom. The van der Waals surface area contributed by atoms with Gasteiger partial charge < -0.3 is 21.0 Å². The number of nitrogen functional groups attached to an aromatic ring is 1. The van der Waals surface area contributed by atoms with Crippen molar-refractivity contribution in [1.82, 2.24) is 19.5 Å². The van der Waals surface area contributed by atoms with Crippen LogP contribution in [0.1, 0.15) is 29.9 Å². The third-order valence-electron chi connectivity index (χ3n) is 6.99. The number of nitriles is 1. The van der Waals surface area contributed by atoms with E-state index in [1.807, 2.05) is 12.1 Å². The Bertz CT molecular complexity index is 1740. The van der Waals surface area contributed by atoms with Gasteiger partial charge in [-0.05, 0) is 54.3 Å². The lowest BCUT2D eigenvalue weighted by Crippen LogP contribution is -2.27. The van der Waals surface area contributed by atoms with Gasteiger partial charge in [0.05, 0.1) is 35.4 Å². The second-order valence-electron chi connectivity index (χ2n) is 9.35. The zero-order valence-corrected chi connectivity index (χ0v) is 20.5. The zero-order valence-electron chi connectivity index (χ0n) is 19.8. The van der Waals surface area contributed by atoms with E-state index in [4.69, 9.17) is 34.2 Å². The maximum atomic E-state index is 14.4. The molecule has 7 N–H and O–H groups in total. The molecule has 3 atom stereocenters. The molecule has 1 aliphatic carbocycles. The average molecular weight is 530 g/mol. The lowest BCUT2D eigenvalue weighted by molar-refractivity contribution is 0.514. The highest BCUT2D eigenvalue weighted by molar-refractivity contribution is 6.31. The van der Waals surface area contributed by atoms with Crippen molar-refractivity contribution in [3.63, 3.8) is 0 Å². The number of nitrogens with zero attached hydrogens (tertiary/aromatic N) is 5. The Hall–Kier alpha value is -4.66. The molecular weight excluding hydrogens is 509 g/mol. The molecule has 4 aromatic rings. The van der Waals surface area contributed by atoms with Crippen molar-refractivity contribution in [1.29, 1.82) is 5.26 Å². The first-order valence-corrected chi connectivity index (χ1v) is 12.1. The quantitative estimate of drug-likeness (QED) is 0.132. The minimum Gasteiger partial charge on any atom is -0.389 e. The monoisotopic (exact) mass is 529 g/mol. The Kier molecular flexibility index (Phi) is 5.45. The number of hydrogen-bond donors (Lipinski definition) is 4. The average Bonchev–Trinajstić information content (AvgIpc) is 3.39. The van der Waals surface area contributed by atoms with E-state index in [1.165, 1.54) is 29.5 Å². The first-order valence-electron chi connectivity index (χ1n) is 11.7. The molecule has 0 saturated heterocycles. The molecule has 190 valence electrons. The van der Waals surface area contributed by atoms with Crippen LogP contribution in [0.4, 0.5) is 15.9 Å². The molecule has 3 unspecified atom stereocenters. The number of nitrogens with two attached hydrogens (primary N) is 3. The van der Waals surface area contributed by atoms with Crippen LogP contribution in [0.3, 0.4) is 0 Å². The molecule has 3 aromatic heterocycles. The summed E-state index contributed by atoms with van der Waals surface area (Å²) in [4.78, 5) is 24.8. The van der Waals surface area contributed by atoms with Crippen LogP contribution in [0, 0.1) is 23.2 Å². The normalized spacial score (nSPS) is 19.5. The van der Waals surface area contributed by atoms with Crippen LogP contribution in [-0.2, 0) is 0 Å². The summed E-state index contributed by atoms with van der Waals surface area (Å²) in [6.45, 7) is 0. The summed E-state index contributed by atoms with van der Waals surface area (Å²) < 4.78 is 16.1. The highest BCUT2D eigenvalue weighted by Gasteiger charge is 2.54. The van der Waals surface area contributed by atoms with Gasteiger partial charge in [-0.25, -0.2) is 15.8 Å². The third-order valence-corrected chi connectivity index (χ3v) is 7.23. The number of aromatic nitrogens is 4. The molecule has 0 radical (unpaired) electrons. The van der Waals surface area contributed by atoms with Crippen LogP contribution in [0.2, 0.25) is 5.02 Å². The number of H-pyrrole nitrogens is 1. The van der Waals surface area contributed by atoms with E-state index >= 15 is 0 Å². The van der Waals surface area contributed by atoms with Gasteiger partial charge in [-0.15, -0.1) is 0 Å². The van der Waals surface area contributed by atoms with Crippen molar-refractivity contribution in [3.8, 4) is 28.5 Å². The fourth-order valence-electron chi connectivity index (χ4n) is 5.25. The van der Waals surface area contributed by atoms with E-state index in [2.05, 4.69) is 15.0 Å². The molecule has 4 heterocycles. The minimum absolute atomic E-state index is 0.0708. The fraction of sp³-hybridized carbons (Fsp3) is 0.154. The standard InChI is InChI=1S/C26H21ClFN9O/c27-13-1-3-20(36(32)11-14(30)9-29)16(7-13)12-5-21-17-8-18(17)24(37(21)23(38)6-12)26-33-10-19(34-26)15-2-4-22(31)35-25(15)28/h1-7,10-11,17-18,24H,8,30,32H2,(H2,31,35)(H,33,34)/b14-11-. The molecule has 1 aliphatic heterocycles. The predicted molar refractivity (Wildman–Crippen MR) is 141 cm³/mol. The summed E-state index contributed by atoms with van der Waals surface area (Å²) in [5.74, 6) is 6.50. The number of hydrogen-bond acceptors (Lipinski definition) is 8. The van der Waals surface area contributed by atoms with Gasteiger partial charge in [0, 0.05) is 28.3 Å². The third kappa shape index (κ3) is 3.87. The second kappa shape index (κ2) is 8.72. The van der Waals surface area contributed by atoms with E-state index in [-0.39, 0.29) is 40.5 Å². The van der Waals surface area contributed by atoms with Crippen LogP contribution in [-0.4, -0.2) is 19.5 Å². The number of aromatic amines is 1. The zero-order chi connectivity index (χ0) is 26.7. The summed E-state index contributed by atoms with van der Waals surface area (Å²) in [5.41, 5.74) is 14.3. The van der Waals surface area contributed by atoms with Crippen molar-refractivity contribution in [2.24, 2.45) is 17.5 Å². The summed E-state index contributed by atoms with van der Waals surface area (Å²) in [6.07, 6.45) is 3.73. The molecule has 6 rings (SSSR count). The summed E-state index contributed by atoms with van der Waals surface area (Å²) in [6, 6.07) is 13.1. The molecule has 0 amide bonds. The van der Waals surface area contributed by atoms with Crippen molar-refractivity contribution in [2.75, 3.05) is 10.7 Å². The number of rotatable bonds is 5. The highest BCUT2D eigenvalue weighted by Crippen LogP contribution is 2.60. The van der Waals surface area contributed by atoms with Crippen LogP contribution in [0.25, 0.3) is 22.4 Å². The number of nitrogens with one attached hydrogen (secondary N) is 1. The van der Waals surface area contributed by atoms with Crippen molar-refractivity contribution >= 4 is 23.1 Å². The molecule has 1 saturated carbocycles. The van der Waals surface area contributed by atoms with Crippen molar-refractivity contribution in [3.05, 3.63) is 93.4 Å². The molecule has 1 fully saturated rings. The molecule has 0 bridgehead atoms. The molecule has 12 heteroatoms. The number of allylic oxidation sites excluding steroid dienone is 1. The Morgan fingerprint density at radius 1 is 1.26 bits per heavy atom. The largest absolute Gasteiger partial charge is 0.389 e. The molecule has 2 aliphatic rings. The summed E-state index contributed by atoms with van der Waals surface area (Å²) in [5, 5.41) is 10.7. The van der Waals surface area contributed by atoms with Gasteiger partial charge >= 0.3 is 0 Å². The van der Waals surface area contributed by atoms with Gasteiger partial charge in [-0.3, -0.25) is 9.80 Å². The summed E-state index contributed by atoms with van der Waals surface area (Å²) in [7, 11) is 0. The maximum Gasteiger partial charge on any atom is 0.252 e. The Balaban J connectivity index is 1.40. The van der Waals surface area contributed by atoms with Gasteiger partial charge in [-0.2, -0.15) is 9.65 Å². The Labute approximate surface area is 220 Å². The Morgan fingerprint density at radius 3 is 2.84 bits per heavy atom. The topological polar surface area (TPSA) is 169 Å². The predicted octanol–water partition coefficient (Wildman–Crippen LogP) is 3.39. The number of imidazole rings is 1. The number of hydrazine groups is 1. The van der Waals surface area contributed by atoms with Crippen LogP contribution < -0.4 is 27.9 Å². The van der Waals surface area contributed by atoms with Crippen LogP contribution >= 0.6 is 11.6 Å². The fourth-order valence-corrected chi connectivity index (χ4v) is 5.42. The van der Waals surface area contributed by atoms with E-state index in [9.17, 15) is 9.18 Å². The van der Waals surface area contributed by atoms with Gasteiger partial charge in [0.1, 0.15) is 23.4 Å². The van der Waals surface area contributed by atoms with Gasteiger partial charge in [-0.1, -0.05) is 11.6 Å². The van der Waals surface area contributed by atoms with E-state index in [1.54, 1.807) is 28.8 Å². The van der Waals surface area contributed by atoms with Crippen LogP contribution in [0.5, 0.6) is 0 Å². The molecule has 1 aromatic carbocycles. The lowest BCUT2D eigenvalue weighted by Gasteiger charge is -2.20. The highest BCUT2D eigenvalue weighted by atomic mass is 35.5. The SMILES string of the molecule is N#C/C(N)=C/N(N)c1ccc(Cl)cc1-c1cc2n(c(=O)c1)C(c1ncc(-c3ccc(N)nc3F)[nH]1)C1CC21. The molecule has 38 heavy (non-hydrogen) atoms. The van der Waals surface area contributed by atoms with Crippen molar-refractivity contribution < 1.29 is 4.39 Å². The van der Waals surface area contributed by atoms with Crippen LogP contribution in [0.15, 0.2) is 65.4 Å². The number of benzene rings is 1. The van der Waals surface area contributed by atoms with E-state index in [0.717, 1.165) is 12.1 Å². The van der Waals surface area contributed by atoms with E-state index < -0.39 is 5.95 Å². The molecule has 10 nitrogen and oxygen atoms in total. The lowest BCUT2D eigenvalue weighted by atomic mass is 10.0. The van der Waals surface area contributed by atoms with Crippen molar-refractivity contribution in [2.45, 2.75) is 18.4 Å². The van der Waals surface area contributed by atoms with E-state index in [0.29, 0.717) is 33.4 Å². The number of anilines is 2. The smallest absolute Gasteiger partial charge is 0.252 e. The summed E-state index contributed by atoms with van der Waals surface area (Å²) >= 11 is 6.29. The maximum absolute atomic E-state index is 14.4. The van der Waals surface area contributed by atoms with Gasteiger partial charge in [0.15, 0.2) is 0 Å². The molecular formula is C26H21ClFN9O. The number of pyridine rings is 2. The first-order chi connectivity index (χ1) is 18.2. The van der Waals surface area contributed by atoms with Gasteiger partial charge in [0.25, 0.3) is 5.56 Å².